The monoisotopic (exact) mass is 184 g/mol. The first-order valence-electron chi connectivity index (χ1n) is 3.26. The van der Waals surface area contributed by atoms with E-state index in [9.17, 15) is 4.39 Å². The van der Waals surface area contributed by atoms with Crippen LogP contribution in [0.4, 0.5) is 4.39 Å². The summed E-state index contributed by atoms with van der Waals surface area (Å²) in [4.78, 5) is 0. The van der Waals surface area contributed by atoms with E-state index in [-0.39, 0.29) is 10.6 Å². The predicted octanol–water partition coefficient (Wildman–Crippen LogP) is 2.00. The summed E-state index contributed by atoms with van der Waals surface area (Å²) in [5.41, 5.74) is 5.37. The predicted molar refractivity (Wildman–Crippen MR) is 44.0 cm³/mol. The van der Waals surface area contributed by atoms with E-state index in [1.807, 2.05) is 0 Å². The lowest BCUT2D eigenvalue weighted by Gasteiger charge is -2.05. The van der Waals surface area contributed by atoms with Crippen molar-refractivity contribution in [1.82, 2.24) is 0 Å². The molecule has 0 spiro atoms. The first-order valence-corrected chi connectivity index (χ1v) is 3.63. The topological polar surface area (TPSA) is 49.8 Å². The van der Waals surface area contributed by atoms with Gasteiger partial charge < -0.3 is 5.73 Å². The first-order chi connectivity index (χ1) is 5.66. The van der Waals surface area contributed by atoms with Gasteiger partial charge in [-0.3, -0.25) is 0 Å². The van der Waals surface area contributed by atoms with Gasteiger partial charge in [-0.25, -0.2) is 4.39 Å². The number of nitriles is 1. The maximum atomic E-state index is 13.0. The molecule has 0 unspecified atom stereocenters. The highest BCUT2D eigenvalue weighted by atomic mass is 35.5. The standard InChI is InChI=1S/C8H6ClFN2/c9-5-2-1-3-6(10)8(5)7(12)4-11/h1-3,7H,12H2/t7-/m0/s1. The molecule has 2 N–H and O–H groups in total. The number of nitrogens with two attached hydrogens (primary N) is 1. The summed E-state index contributed by atoms with van der Waals surface area (Å²) in [6, 6.07) is 4.90. The number of halogens is 2. The van der Waals surface area contributed by atoms with E-state index >= 15 is 0 Å². The zero-order chi connectivity index (χ0) is 9.14. The maximum absolute atomic E-state index is 13.0. The van der Waals surface area contributed by atoms with Crippen LogP contribution in [0.3, 0.4) is 0 Å². The molecule has 0 aromatic heterocycles. The van der Waals surface area contributed by atoms with Gasteiger partial charge in [-0.05, 0) is 12.1 Å². The zero-order valence-electron chi connectivity index (χ0n) is 6.09. The largest absolute Gasteiger partial charge is 0.312 e. The Balaban J connectivity index is 3.23. The van der Waals surface area contributed by atoms with Gasteiger partial charge in [-0.1, -0.05) is 17.7 Å². The lowest BCUT2D eigenvalue weighted by Crippen LogP contribution is -2.09. The Bertz CT molecular complexity index is 312. The molecule has 0 aliphatic heterocycles. The third-order valence-corrected chi connectivity index (χ3v) is 1.78. The van der Waals surface area contributed by atoms with Crippen molar-refractivity contribution < 1.29 is 4.39 Å². The fourth-order valence-corrected chi connectivity index (χ4v) is 1.15. The van der Waals surface area contributed by atoms with E-state index in [1.165, 1.54) is 18.2 Å². The molecule has 1 aromatic rings. The summed E-state index contributed by atoms with van der Waals surface area (Å²) >= 11 is 5.63. The van der Waals surface area contributed by atoms with Gasteiger partial charge in [0.2, 0.25) is 0 Å². The second-order valence-electron chi connectivity index (χ2n) is 2.24. The van der Waals surface area contributed by atoms with Gasteiger partial charge in [0.25, 0.3) is 0 Å². The van der Waals surface area contributed by atoms with Crippen molar-refractivity contribution in [2.45, 2.75) is 6.04 Å². The zero-order valence-corrected chi connectivity index (χ0v) is 6.85. The number of nitrogens with zero attached hydrogens (tertiary/aromatic N) is 1. The SMILES string of the molecule is N#C[C@H](N)c1c(F)cccc1Cl. The fraction of sp³-hybridized carbons (Fsp3) is 0.125. The van der Waals surface area contributed by atoms with Crippen LogP contribution < -0.4 is 5.73 Å². The van der Waals surface area contributed by atoms with Crippen LogP contribution in [0.15, 0.2) is 18.2 Å². The minimum Gasteiger partial charge on any atom is -0.312 e. The minimum atomic E-state index is -1.00. The molecule has 0 saturated carbocycles. The minimum absolute atomic E-state index is 0.0571. The average Bonchev–Trinajstić information content (AvgIpc) is 2.03. The second kappa shape index (κ2) is 3.53. The molecule has 0 radical (unpaired) electrons. The quantitative estimate of drug-likeness (QED) is 0.726. The number of benzene rings is 1. The second-order valence-corrected chi connectivity index (χ2v) is 2.65. The summed E-state index contributed by atoms with van der Waals surface area (Å²) in [5.74, 6) is -0.545. The summed E-state index contributed by atoms with van der Waals surface area (Å²) in [6.07, 6.45) is 0. The van der Waals surface area contributed by atoms with E-state index in [2.05, 4.69) is 0 Å². The molecule has 0 aliphatic carbocycles. The van der Waals surface area contributed by atoms with E-state index < -0.39 is 11.9 Å². The van der Waals surface area contributed by atoms with Crippen LogP contribution in [-0.2, 0) is 0 Å². The third kappa shape index (κ3) is 1.55. The molecule has 0 heterocycles. The van der Waals surface area contributed by atoms with Gasteiger partial charge in [0.05, 0.1) is 6.07 Å². The van der Waals surface area contributed by atoms with Crippen molar-refractivity contribution in [2.75, 3.05) is 0 Å². The molecule has 0 bridgehead atoms. The van der Waals surface area contributed by atoms with E-state index in [4.69, 9.17) is 22.6 Å². The fourth-order valence-electron chi connectivity index (χ4n) is 0.872. The van der Waals surface area contributed by atoms with Crippen LogP contribution >= 0.6 is 11.6 Å². The van der Waals surface area contributed by atoms with Crippen molar-refractivity contribution in [3.05, 3.63) is 34.6 Å². The van der Waals surface area contributed by atoms with Crippen molar-refractivity contribution in [3.8, 4) is 6.07 Å². The average molecular weight is 185 g/mol. The van der Waals surface area contributed by atoms with Gasteiger partial charge in [-0.2, -0.15) is 5.26 Å². The van der Waals surface area contributed by atoms with Gasteiger partial charge in [0, 0.05) is 10.6 Å². The summed E-state index contributed by atoms with van der Waals surface area (Å²) < 4.78 is 13.0. The molecular formula is C8H6ClFN2. The number of hydrogen-bond acceptors (Lipinski definition) is 2. The first kappa shape index (κ1) is 8.98. The molecule has 1 rings (SSSR count). The Hall–Kier alpha value is -1.11. The van der Waals surface area contributed by atoms with Crippen LogP contribution in [0.25, 0.3) is 0 Å². The molecule has 0 saturated heterocycles. The molecule has 1 aromatic carbocycles. The van der Waals surface area contributed by atoms with Crippen LogP contribution in [0.1, 0.15) is 11.6 Å². The third-order valence-electron chi connectivity index (χ3n) is 1.45. The van der Waals surface area contributed by atoms with E-state index in [1.54, 1.807) is 6.07 Å². The van der Waals surface area contributed by atoms with Crippen molar-refractivity contribution in [1.29, 1.82) is 5.26 Å². The molecule has 0 aliphatic rings. The van der Waals surface area contributed by atoms with Gasteiger partial charge in [0.15, 0.2) is 0 Å². The lowest BCUT2D eigenvalue weighted by molar-refractivity contribution is 0.604. The van der Waals surface area contributed by atoms with E-state index in [0.717, 1.165) is 0 Å². The molecule has 12 heavy (non-hydrogen) atoms. The number of hydrogen-bond donors (Lipinski definition) is 1. The lowest BCUT2D eigenvalue weighted by atomic mass is 10.1. The molecule has 2 nitrogen and oxygen atoms in total. The Kier molecular flexibility index (Phi) is 2.64. The highest BCUT2D eigenvalue weighted by Gasteiger charge is 2.13. The molecule has 62 valence electrons. The maximum Gasteiger partial charge on any atom is 0.130 e. The van der Waals surface area contributed by atoms with Gasteiger partial charge >= 0.3 is 0 Å². The normalized spacial score (nSPS) is 12.2. The van der Waals surface area contributed by atoms with Crippen LogP contribution in [0.5, 0.6) is 0 Å². The highest BCUT2D eigenvalue weighted by molar-refractivity contribution is 6.31. The molecular weight excluding hydrogens is 179 g/mol. The van der Waals surface area contributed by atoms with Crippen LogP contribution in [-0.4, -0.2) is 0 Å². The molecule has 1 atom stereocenters. The Labute approximate surface area is 74.4 Å². The van der Waals surface area contributed by atoms with Crippen molar-refractivity contribution in [3.63, 3.8) is 0 Å². The summed E-state index contributed by atoms with van der Waals surface area (Å²) in [5, 5.41) is 8.62. The Morgan fingerprint density at radius 3 is 2.75 bits per heavy atom. The summed E-state index contributed by atoms with van der Waals surface area (Å²) in [6.45, 7) is 0. The smallest absolute Gasteiger partial charge is 0.130 e. The van der Waals surface area contributed by atoms with Crippen LogP contribution in [0.2, 0.25) is 5.02 Å². The number of rotatable bonds is 1. The van der Waals surface area contributed by atoms with Gasteiger partial charge in [0.1, 0.15) is 11.9 Å². The van der Waals surface area contributed by atoms with Crippen LogP contribution in [0, 0.1) is 17.1 Å². The Morgan fingerprint density at radius 1 is 1.58 bits per heavy atom. The van der Waals surface area contributed by atoms with Crippen molar-refractivity contribution in [2.24, 2.45) is 5.73 Å². The van der Waals surface area contributed by atoms with Crippen molar-refractivity contribution >= 4 is 11.6 Å². The van der Waals surface area contributed by atoms with E-state index in [0.29, 0.717) is 0 Å². The van der Waals surface area contributed by atoms with Gasteiger partial charge in [-0.15, -0.1) is 0 Å². The Morgan fingerprint density at radius 2 is 2.25 bits per heavy atom. The molecule has 0 fully saturated rings. The highest BCUT2D eigenvalue weighted by Crippen LogP contribution is 2.23. The summed E-state index contributed by atoms with van der Waals surface area (Å²) in [7, 11) is 0. The molecule has 0 amide bonds. The molecule has 4 heteroatoms.